The normalized spacial score (nSPS) is 14.3. The zero-order chi connectivity index (χ0) is 18.7. The molecule has 3 rings (SSSR count). The fourth-order valence-corrected chi connectivity index (χ4v) is 3.13. The van der Waals surface area contributed by atoms with Gasteiger partial charge < -0.3 is 14.2 Å². The van der Waals surface area contributed by atoms with Gasteiger partial charge >= 0.3 is 5.97 Å². The van der Waals surface area contributed by atoms with Crippen LogP contribution in [0.25, 0.3) is 0 Å². The number of aryl methyl sites for hydroxylation is 2. The first kappa shape index (κ1) is 17.9. The maximum absolute atomic E-state index is 12.3. The Hall–Kier alpha value is -2.90. The van der Waals surface area contributed by atoms with Crippen LogP contribution in [0.5, 0.6) is 0 Å². The first-order valence-electron chi connectivity index (χ1n) is 8.59. The zero-order valence-corrected chi connectivity index (χ0v) is 14.9. The second kappa shape index (κ2) is 7.55. The summed E-state index contributed by atoms with van der Waals surface area (Å²) in [5.74, 6) is -0.0278. The van der Waals surface area contributed by atoms with Crippen LogP contribution >= 0.6 is 0 Å². The van der Waals surface area contributed by atoms with Gasteiger partial charge in [-0.25, -0.2) is 4.79 Å². The molecule has 138 valence electrons. The first-order chi connectivity index (χ1) is 12.5. The third-order valence-electron chi connectivity index (χ3n) is 4.63. The molecule has 1 aromatic carbocycles. The number of rotatable bonds is 5. The maximum Gasteiger partial charge on any atom is 0.338 e. The molecule has 1 saturated heterocycles. The fourth-order valence-electron chi connectivity index (χ4n) is 3.13. The number of carbonyl (C=O) groups excluding carboxylic acids is 1. The summed E-state index contributed by atoms with van der Waals surface area (Å²) < 4.78 is 10.3. The molecular formula is C18H21N3O5. The third kappa shape index (κ3) is 3.68. The SMILES string of the molecule is Cc1noc(C)c1COC(=O)c1ccc(N2CCCCC2)c([N+](=O)[O-])c1. The molecule has 0 spiro atoms. The minimum absolute atomic E-state index is 0.0155. The van der Waals surface area contributed by atoms with Crippen LogP contribution in [0, 0.1) is 24.0 Å². The van der Waals surface area contributed by atoms with Crippen LogP contribution < -0.4 is 4.90 Å². The molecule has 1 aliphatic heterocycles. The van der Waals surface area contributed by atoms with Crippen LogP contribution in [0.3, 0.4) is 0 Å². The number of aromatic nitrogens is 1. The van der Waals surface area contributed by atoms with E-state index >= 15 is 0 Å². The second-order valence-electron chi connectivity index (χ2n) is 6.39. The van der Waals surface area contributed by atoms with Crippen molar-refractivity contribution >= 4 is 17.3 Å². The molecule has 0 aliphatic carbocycles. The number of anilines is 1. The molecule has 8 heteroatoms. The van der Waals surface area contributed by atoms with Gasteiger partial charge in [0.1, 0.15) is 18.1 Å². The highest BCUT2D eigenvalue weighted by Gasteiger charge is 2.24. The number of hydrogen-bond acceptors (Lipinski definition) is 7. The molecule has 0 amide bonds. The van der Waals surface area contributed by atoms with Crippen molar-refractivity contribution in [2.24, 2.45) is 0 Å². The van der Waals surface area contributed by atoms with Gasteiger partial charge in [0.15, 0.2) is 0 Å². The number of esters is 1. The molecule has 0 N–H and O–H groups in total. The van der Waals surface area contributed by atoms with Crippen molar-refractivity contribution in [2.75, 3.05) is 18.0 Å². The summed E-state index contributed by atoms with van der Waals surface area (Å²) >= 11 is 0. The Balaban J connectivity index is 1.78. The number of ether oxygens (including phenoxy) is 1. The standard InChI is InChI=1S/C18H21N3O5/c1-12-15(13(2)26-19-12)11-25-18(22)14-6-7-16(17(10-14)21(23)24)20-8-4-3-5-9-20/h6-7,10H,3-5,8-9,11H2,1-2H3. The second-order valence-corrected chi connectivity index (χ2v) is 6.39. The summed E-state index contributed by atoms with van der Waals surface area (Å²) in [4.78, 5) is 25.3. The van der Waals surface area contributed by atoms with Crippen LogP contribution in [0.15, 0.2) is 22.7 Å². The highest BCUT2D eigenvalue weighted by atomic mass is 16.6. The lowest BCUT2D eigenvalue weighted by Gasteiger charge is -2.28. The predicted octanol–water partition coefficient (Wildman–Crippen LogP) is 3.55. The van der Waals surface area contributed by atoms with E-state index in [1.165, 1.54) is 6.07 Å². The van der Waals surface area contributed by atoms with Gasteiger partial charge in [-0.1, -0.05) is 5.16 Å². The predicted molar refractivity (Wildman–Crippen MR) is 94.3 cm³/mol. The average Bonchev–Trinajstić information content (AvgIpc) is 2.97. The van der Waals surface area contributed by atoms with E-state index in [1.54, 1.807) is 26.0 Å². The van der Waals surface area contributed by atoms with Gasteiger partial charge in [-0.05, 0) is 45.2 Å². The Morgan fingerprint density at radius 2 is 2.04 bits per heavy atom. The Morgan fingerprint density at radius 1 is 1.31 bits per heavy atom. The Bertz CT molecular complexity index is 805. The Labute approximate surface area is 150 Å². The molecule has 2 aromatic rings. The number of piperidine rings is 1. The molecule has 8 nitrogen and oxygen atoms in total. The lowest BCUT2D eigenvalue weighted by Crippen LogP contribution is -2.30. The lowest BCUT2D eigenvalue weighted by atomic mass is 10.1. The number of benzene rings is 1. The van der Waals surface area contributed by atoms with Crippen molar-refractivity contribution in [1.82, 2.24) is 5.16 Å². The van der Waals surface area contributed by atoms with Crippen molar-refractivity contribution < 1.29 is 19.0 Å². The van der Waals surface area contributed by atoms with Crippen molar-refractivity contribution in [3.63, 3.8) is 0 Å². The van der Waals surface area contributed by atoms with E-state index in [2.05, 4.69) is 5.16 Å². The van der Waals surface area contributed by atoms with Crippen molar-refractivity contribution in [1.29, 1.82) is 0 Å². The third-order valence-corrected chi connectivity index (χ3v) is 4.63. The summed E-state index contributed by atoms with van der Waals surface area (Å²) in [5, 5.41) is 15.3. The van der Waals surface area contributed by atoms with Gasteiger partial charge in [0, 0.05) is 19.2 Å². The highest BCUT2D eigenvalue weighted by Crippen LogP contribution is 2.31. The first-order valence-corrected chi connectivity index (χ1v) is 8.59. The molecule has 0 unspecified atom stereocenters. The van der Waals surface area contributed by atoms with E-state index in [0.29, 0.717) is 22.7 Å². The number of nitro groups is 1. The van der Waals surface area contributed by atoms with Gasteiger partial charge in [0.05, 0.1) is 21.7 Å². The zero-order valence-electron chi connectivity index (χ0n) is 14.9. The smallest absolute Gasteiger partial charge is 0.338 e. The molecule has 0 atom stereocenters. The summed E-state index contributed by atoms with van der Waals surface area (Å²) in [7, 11) is 0. The quantitative estimate of drug-likeness (QED) is 0.457. The summed E-state index contributed by atoms with van der Waals surface area (Å²) in [6, 6.07) is 4.50. The lowest BCUT2D eigenvalue weighted by molar-refractivity contribution is -0.384. The van der Waals surface area contributed by atoms with E-state index in [1.807, 2.05) is 4.90 Å². The average molecular weight is 359 g/mol. The van der Waals surface area contributed by atoms with Gasteiger partial charge in [0.2, 0.25) is 0 Å². The van der Waals surface area contributed by atoms with Gasteiger partial charge in [0.25, 0.3) is 5.69 Å². The van der Waals surface area contributed by atoms with E-state index < -0.39 is 10.9 Å². The Morgan fingerprint density at radius 3 is 2.65 bits per heavy atom. The van der Waals surface area contributed by atoms with E-state index in [0.717, 1.165) is 32.4 Å². The van der Waals surface area contributed by atoms with Crippen LogP contribution in [0.2, 0.25) is 0 Å². The summed E-state index contributed by atoms with van der Waals surface area (Å²) in [6.45, 7) is 5.09. The van der Waals surface area contributed by atoms with Crippen LogP contribution in [0.4, 0.5) is 11.4 Å². The van der Waals surface area contributed by atoms with Crippen molar-refractivity contribution in [3.8, 4) is 0 Å². The molecule has 1 fully saturated rings. The molecule has 0 radical (unpaired) electrons. The molecule has 0 bridgehead atoms. The summed E-state index contributed by atoms with van der Waals surface area (Å²) in [5.41, 5.74) is 2.00. The van der Waals surface area contributed by atoms with Crippen LogP contribution in [-0.2, 0) is 11.3 Å². The minimum Gasteiger partial charge on any atom is -0.457 e. The minimum atomic E-state index is -0.613. The maximum atomic E-state index is 12.3. The molecule has 0 saturated carbocycles. The Kier molecular flexibility index (Phi) is 5.20. The van der Waals surface area contributed by atoms with Crippen LogP contribution in [0.1, 0.15) is 46.6 Å². The largest absolute Gasteiger partial charge is 0.457 e. The van der Waals surface area contributed by atoms with Crippen molar-refractivity contribution in [2.45, 2.75) is 39.7 Å². The number of nitrogens with zero attached hydrogens (tertiary/aromatic N) is 3. The number of nitro benzene ring substituents is 1. The van der Waals surface area contributed by atoms with Crippen LogP contribution in [-0.4, -0.2) is 29.1 Å². The molecular weight excluding hydrogens is 338 g/mol. The van der Waals surface area contributed by atoms with Gasteiger partial charge in [-0.2, -0.15) is 0 Å². The molecule has 26 heavy (non-hydrogen) atoms. The highest BCUT2D eigenvalue weighted by molar-refractivity contribution is 5.91. The van der Waals surface area contributed by atoms with Crippen molar-refractivity contribution in [3.05, 3.63) is 50.9 Å². The fraction of sp³-hybridized carbons (Fsp3) is 0.444. The van der Waals surface area contributed by atoms with E-state index in [4.69, 9.17) is 9.26 Å². The van der Waals surface area contributed by atoms with Gasteiger partial charge in [-0.3, -0.25) is 10.1 Å². The van der Waals surface area contributed by atoms with Gasteiger partial charge in [-0.15, -0.1) is 0 Å². The molecule has 1 aliphatic rings. The number of hydrogen-bond donors (Lipinski definition) is 0. The monoisotopic (exact) mass is 359 g/mol. The van der Waals surface area contributed by atoms with E-state index in [-0.39, 0.29) is 17.9 Å². The van der Waals surface area contributed by atoms with E-state index in [9.17, 15) is 14.9 Å². The molecule has 1 aromatic heterocycles. The molecule has 2 heterocycles. The number of carbonyl (C=O) groups is 1. The summed E-state index contributed by atoms with van der Waals surface area (Å²) in [6.07, 6.45) is 3.16. The topological polar surface area (TPSA) is 98.7 Å².